The summed E-state index contributed by atoms with van der Waals surface area (Å²) in [5.41, 5.74) is 3.03. The molecule has 0 aliphatic heterocycles. The van der Waals surface area contributed by atoms with Gasteiger partial charge in [-0.25, -0.2) is 14.6 Å². The van der Waals surface area contributed by atoms with Gasteiger partial charge in [-0.1, -0.05) is 42.5 Å². The summed E-state index contributed by atoms with van der Waals surface area (Å²) in [7, 11) is 0. The van der Waals surface area contributed by atoms with Crippen molar-refractivity contribution in [3.8, 4) is 0 Å². The van der Waals surface area contributed by atoms with Crippen molar-refractivity contribution in [2.24, 2.45) is 0 Å². The Bertz CT molecular complexity index is 1080. The highest BCUT2D eigenvalue weighted by molar-refractivity contribution is 7.98. The van der Waals surface area contributed by atoms with Gasteiger partial charge >= 0.3 is 0 Å². The highest BCUT2D eigenvalue weighted by Gasteiger charge is 2.11. The van der Waals surface area contributed by atoms with Crippen LogP contribution in [0.3, 0.4) is 0 Å². The zero-order chi connectivity index (χ0) is 18.6. The fourth-order valence-corrected chi connectivity index (χ4v) is 3.64. The van der Waals surface area contributed by atoms with E-state index in [4.69, 9.17) is 0 Å². The first kappa shape index (κ1) is 17.2. The number of nitrogens with zero attached hydrogens (tertiary/aromatic N) is 5. The number of hydrogen-bond acceptors (Lipinski definition) is 6. The van der Waals surface area contributed by atoms with Crippen LogP contribution in [0, 0.1) is 10.1 Å². The molecule has 27 heavy (non-hydrogen) atoms. The van der Waals surface area contributed by atoms with Gasteiger partial charge in [0.25, 0.3) is 5.69 Å². The third-order valence-corrected chi connectivity index (χ3v) is 5.17. The van der Waals surface area contributed by atoms with Crippen molar-refractivity contribution in [3.05, 3.63) is 88.4 Å². The lowest BCUT2D eigenvalue weighted by atomic mass is 10.2. The summed E-state index contributed by atoms with van der Waals surface area (Å²) in [4.78, 5) is 19.1. The van der Waals surface area contributed by atoms with Crippen LogP contribution in [0.2, 0.25) is 0 Å². The molecular weight excluding hydrogens is 362 g/mol. The molecule has 0 unspecified atom stereocenters. The number of nitro groups is 1. The summed E-state index contributed by atoms with van der Waals surface area (Å²) >= 11 is 1.56. The Morgan fingerprint density at radius 3 is 2.52 bits per heavy atom. The molecule has 0 saturated heterocycles. The summed E-state index contributed by atoms with van der Waals surface area (Å²) in [5.74, 6) is 0.661. The number of nitro benzene ring substituents is 1. The third-order valence-electron chi connectivity index (χ3n) is 4.09. The average Bonchev–Trinajstić information content (AvgIpc) is 3.11. The SMILES string of the molecule is O=[N+]([O-])c1ccc(CSc2ncnc3c2cnn3Cc2ccccc2)cc1. The van der Waals surface area contributed by atoms with Gasteiger partial charge in [-0.2, -0.15) is 5.10 Å². The average molecular weight is 377 g/mol. The van der Waals surface area contributed by atoms with Gasteiger partial charge in [-0.3, -0.25) is 10.1 Å². The molecular formula is C19H15N5O2S. The van der Waals surface area contributed by atoms with Gasteiger partial charge in [0.15, 0.2) is 5.65 Å². The van der Waals surface area contributed by atoms with E-state index in [1.807, 2.05) is 22.9 Å². The molecule has 7 nitrogen and oxygen atoms in total. The molecule has 0 amide bonds. The summed E-state index contributed by atoms with van der Waals surface area (Å²) < 4.78 is 1.86. The van der Waals surface area contributed by atoms with Crippen LogP contribution in [0.15, 0.2) is 72.1 Å². The first-order chi connectivity index (χ1) is 13.2. The summed E-state index contributed by atoms with van der Waals surface area (Å²) in [6, 6.07) is 16.7. The van der Waals surface area contributed by atoms with Gasteiger partial charge < -0.3 is 0 Å². The summed E-state index contributed by atoms with van der Waals surface area (Å²) in [6.45, 7) is 0.647. The van der Waals surface area contributed by atoms with Crippen molar-refractivity contribution in [1.29, 1.82) is 0 Å². The highest BCUT2D eigenvalue weighted by Crippen LogP contribution is 2.28. The van der Waals surface area contributed by atoms with Crippen LogP contribution in [0.5, 0.6) is 0 Å². The molecule has 0 spiro atoms. The number of thioether (sulfide) groups is 1. The van der Waals surface area contributed by atoms with Crippen LogP contribution in [0.1, 0.15) is 11.1 Å². The lowest BCUT2D eigenvalue weighted by Gasteiger charge is -2.05. The van der Waals surface area contributed by atoms with Crippen LogP contribution in [-0.4, -0.2) is 24.7 Å². The molecule has 134 valence electrons. The minimum atomic E-state index is -0.397. The van der Waals surface area contributed by atoms with Crippen LogP contribution < -0.4 is 0 Å². The highest BCUT2D eigenvalue weighted by atomic mass is 32.2. The van der Waals surface area contributed by atoms with Gasteiger partial charge in [-0.05, 0) is 11.1 Å². The number of hydrogen-bond donors (Lipinski definition) is 0. The first-order valence-electron chi connectivity index (χ1n) is 8.27. The minimum Gasteiger partial charge on any atom is -0.258 e. The standard InChI is InChI=1S/C19H15N5O2S/c25-24(26)16-8-6-15(7-9-16)12-27-19-17-10-22-23(18(17)20-13-21-19)11-14-4-2-1-3-5-14/h1-10,13H,11-12H2. The van der Waals surface area contributed by atoms with Crippen molar-refractivity contribution < 1.29 is 4.92 Å². The van der Waals surface area contributed by atoms with E-state index in [1.165, 1.54) is 12.1 Å². The molecule has 0 N–H and O–H groups in total. The molecule has 4 rings (SSSR count). The van der Waals surface area contributed by atoms with E-state index in [2.05, 4.69) is 27.2 Å². The first-order valence-corrected chi connectivity index (χ1v) is 9.26. The van der Waals surface area contributed by atoms with Gasteiger partial charge in [0.1, 0.15) is 11.4 Å². The maximum atomic E-state index is 10.7. The maximum absolute atomic E-state index is 10.7. The van der Waals surface area contributed by atoms with Gasteiger partial charge in [0.05, 0.1) is 23.1 Å². The van der Waals surface area contributed by atoms with Crippen molar-refractivity contribution in [2.75, 3.05) is 0 Å². The van der Waals surface area contributed by atoms with E-state index in [9.17, 15) is 10.1 Å². The number of rotatable bonds is 6. The van der Waals surface area contributed by atoms with Gasteiger partial charge in [0.2, 0.25) is 0 Å². The quantitative estimate of drug-likeness (QED) is 0.218. The Kier molecular flexibility index (Phi) is 4.80. The predicted octanol–water partition coefficient (Wildman–Crippen LogP) is 4.08. The lowest BCUT2D eigenvalue weighted by molar-refractivity contribution is -0.384. The topological polar surface area (TPSA) is 86.7 Å². The van der Waals surface area contributed by atoms with Crippen molar-refractivity contribution >= 4 is 28.5 Å². The van der Waals surface area contributed by atoms with E-state index in [0.717, 1.165) is 27.2 Å². The Morgan fingerprint density at radius 1 is 1.00 bits per heavy atom. The number of fused-ring (bicyclic) bond motifs is 1. The molecule has 0 aliphatic rings. The minimum absolute atomic E-state index is 0.0929. The molecule has 0 atom stereocenters. The molecule has 0 aliphatic carbocycles. The monoisotopic (exact) mass is 377 g/mol. The Labute approximate surface area is 159 Å². The largest absolute Gasteiger partial charge is 0.269 e. The van der Waals surface area contributed by atoms with E-state index in [0.29, 0.717) is 12.3 Å². The summed E-state index contributed by atoms with van der Waals surface area (Å²) in [5, 5.41) is 17.0. The molecule has 2 aromatic carbocycles. The van der Waals surface area contributed by atoms with Crippen LogP contribution in [0.25, 0.3) is 11.0 Å². The van der Waals surface area contributed by atoms with E-state index >= 15 is 0 Å². The van der Waals surface area contributed by atoms with E-state index < -0.39 is 4.92 Å². The number of benzene rings is 2. The molecule has 2 heterocycles. The second-order valence-corrected chi connectivity index (χ2v) is 6.88. The van der Waals surface area contributed by atoms with Crippen molar-refractivity contribution in [3.63, 3.8) is 0 Å². The Balaban J connectivity index is 1.53. The van der Waals surface area contributed by atoms with Crippen LogP contribution in [0.4, 0.5) is 5.69 Å². The smallest absolute Gasteiger partial charge is 0.258 e. The molecule has 4 aromatic rings. The zero-order valence-corrected chi connectivity index (χ0v) is 15.0. The van der Waals surface area contributed by atoms with Gasteiger partial charge in [0, 0.05) is 17.9 Å². The Morgan fingerprint density at radius 2 is 1.78 bits per heavy atom. The van der Waals surface area contributed by atoms with Crippen molar-refractivity contribution in [2.45, 2.75) is 17.3 Å². The van der Waals surface area contributed by atoms with Crippen molar-refractivity contribution in [1.82, 2.24) is 19.7 Å². The molecule has 0 bridgehead atoms. The fourth-order valence-electron chi connectivity index (χ4n) is 2.72. The van der Waals surface area contributed by atoms with E-state index in [1.54, 1.807) is 36.4 Å². The second-order valence-electron chi connectivity index (χ2n) is 5.92. The molecule has 2 aromatic heterocycles. The molecule has 0 saturated carbocycles. The Hall–Kier alpha value is -3.26. The fraction of sp³-hybridized carbons (Fsp3) is 0.105. The predicted molar refractivity (Wildman–Crippen MR) is 104 cm³/mol. The molecule has 8 heteroatoms. The van der Waals surface area contributed by atoms with Crippen LogP contribution in [-0.2, 0) is 12.3 Å². The second kappa shape index (κ2) is 7.55. The third kappa shape index (κ3) is 3.80. The lowest BCUT2D eigenvalue weighted by Crippen LogP contribution is -2.02. The maximum Gasteiger partial charge on any atom is 0.269 e. The van der Waals surface area contributed by atoms with Crippen LogP contribution >= 0.6 is 11.8 Å². The number of aromatic nitrogens is 4. The van der Waals surface area contributed by atoms with E-state index in [-0.39, 0.29) is 5.69 Å². The summed E-state index contributed by atoms with van der Waals surface area (Å²) in [6.07, 6.45) is 3.33. The normalized spacial score (nSPS) is 11.0. The molecule has 0 fully saturated rings. The van der Waals surface area contributed by atoms with Gasteiger partial charge in [-0.15, -0.1) is 11.8 Å². The molecule has 0 radical (unpaired) electrons. The zero-order valence-electron chi connectivity index (χ0n) is 14.2. The number of non-ortho nitro benzene ring substituents is 1.